The third-order valence-electron chi connectivity index (χ3n) is 2.24. The van der Waals surface area contributed by atoms with Crippen LogP contribution in [0.2, 0.25) is 0 Å². The van der Waals surface area contributed by atoms with Gasteiger partial charge in [-0.25, -0.2) is 13.6 Å². The number of sulfonamides is 1. The number of unbranched alkanes of at least 4 members (excludes halogenated alkanes) is 2. The maximum absolute atomic E-state index is 11.2. The largest absolute Gasteiger partial charge is 0.492 e. The number of ether oxygens (including phenoxy) is 1. The van der Waals surface area contributed by atoms with Crippen LogP contribution >= 0.6 is 15.9 Å². The van der Waals surface area contributed by atoms with Crippen LogP contribution in [0, 0.1) is 0 Å². The first-order valence-corrected chi connectivity index (χ1v) is 7.74. The van der Waals surface area contributed by atoms with E-state index in [1.54, 1.807) is 6.07 Å². The molecule has 6 heteroatoms. The summed E-state index contributed by atoms with van der Waals surface area (Å²) in [6.07, 6.45) is 3.15. The zero-order valence-electron chi connectivity index (χ0n) is 9.65. The van der Waals surface area contributed by atoms with Gasteiger partial charge in [0, 0.05) is 6.07 Å². The summed E-state index contributed by atoms with van der Waals surface area (Å²) in [6, 6.07) is 4.50. The van der Waals surface area contributed by atoms with Gasteiger partial charge in [0.1, 0.15) is 5.75 Å². The Morgan fingerprint density at radius 2 is 2.06 bits per heavy atom. The first-order chi connectivity index (χ1) is 7.95. The Morgan fingerprint density at radius 3 is 2.65 bits per heavy atom. The molecule has 0 amide bonds. The minimum Gasteiger partial charge on any atom is -0.492 e. The van der Waals surface area contributed by atoms with Gasteiger partial charge in [0.2, 0.25) is 10.0 Å². The normalized spacial score (nSPS) is 11.5. The molecule has 0 saturated carbocycles. The lowest BCUT2D eigenvalue weighted by Gasteiger charge is -2.09. The average molecular weight is 322 g/mol. The summed E-state index contributed by atoms with van der Waals surface area (Å²) in [6.45, 7) is 2.68. The van der Waals surface area contributed by atoms with Gasteiger partial charge >= 0.3 is 0 Å². The monoisotopic (exact) mass is 321 g/mol. The van der Waals surface area contributed by atoms with E-state index in [0.717, 1.165) is 23.7 Å². The summed E-state index contributed by atoms with van der Waals surface area (Å²) in [5.41, 5.74) is 0. The number of primary sulfonamides is 1. The summed E-state index contributed by atoms with van der Waals surface area (Å²) in [7, 11) is -3.68. The van der Waals surface area contributed by atoms with Crippen molar-refractivity contribution in [3.05, 3.63) is 22.7 Å². The van der Waals surface area contributed by atoms with Crippen molar-refractivity contribution >= 4 is 26.0 Å². The Kier molecular flexibility index (Phi) is 5.42. The molecule has 0 fully saturated rings. The summed E-state index contributed by atoms with van der Waals surface area (Å²) in [4.78, 5) is 0.0613. The second kappa shape index (κ2) is 6.37. The molecule has 1 aromatic carbocycles. The van der Waals surface area contributed by atoms with Gasteiger partial charge in [-0.15, -0.1) is 0 Å². The predicted octanol–water partition coefficient (Wildman–Crippen LogP) is 2.67. The van der Waals surface area contributed by atoms with E-state index >= 15 is 0 Å². The Hall–Kier alpha value is -0.590. The van der Waals surface area contributed by atoms with Gasteiger partial charge in [-0.2, -0.15) is 0 Å². The lowest BCUT2D eigenvalue weighted by Crippen LogP contribution is -2.12. The van der Waals surface area contributed by atoms with Gasteiger partial charge in [-0.3, -0.25) is 0 Å². The second-order valence-corrected chi connectivity index (χ2v) is 6.11. The van der Waals surface area contributed by atoms with Crippen molar-refractivity contribution in [2.75, 3.05) is 6.61 Å². The molecule has 0 spiro atoms. The zero-order valence-corrected chi connectivity index (χ0v) is 12.1. The summed E-state index contributed by atoms with van der Waals surface area (Å²) >= 11 is 3.31. The lowest BCUT2D eigenvalue weighted by atomic mass is 10.3. The number of benzene rings is 1. The van der Waals surface area contributed by atoms with Crippen LogP contribution in [0.15, 0.2) is 27.6 Å². The highest BCUT2D eigenvalue weighted by atomic mass is 79.9. The van der Waals surface area contributed by atoms with E-state index in [9.17, 15) is 8.42 Å². The number of nitrogens with two attached hydrogens (primary N) is 1. The van der Waals surface area contributed by atoms with Crippen molar-refractivity contribution in [1.82, 2.24) is 0 Å². The summed E-state index contributed by atoms with van der Waals surface area (Å²) in [5.74, 6) is 0.507. The van der Waals surface area contributed by atoms with Gasteiger partial charge < -0.3 is 4.74 Å². The van der Waals surface area contributed by atoms with E-state index in [4.69, 9.17) is 9.88 Å². The Balaban J connectivity index is 2.77. The minimum atomic E-state index is -3.68. The van der Waals surface area contributed by atoms with E-state index in [1.165, 1.54) is 12.1 Å². The van der Waals surface area contributed by atoms with E-state index in [1.807, 2.05) is 0 Å². The SMILES string of the molecule is CCCCCOc1cc(S(N)(=O)=O)ccc1Br. The molecule has 1 rings (SSSR count). The molecule has 4 nitrogen and oxygen atoms in total. The van der Waals surface area contributed by atoms with Gasteiger partial charge in [0.15, 0.2) is 0 Å². The van der Waals surface area contributed by atoms with E-state index in [2.05, 4.69) is 22.9 Å². The lowest BCUT2D eigenvalue weighted by molar-refractivity contribution is 0.303. The molecule has 0 radical (unpaired) electrons. The summed E-state index contributed by atoms with van der Waals surface area (Å²) < 4.78 is 28.6. The van der Waals surface area contributed by atoms with Gasteiger partial charge in [-0.05, 0) is 34.5 Å². The average Bonchev–Trinajstić information content (AvgIpc) is 2.25. The van der Waals surface area contributed by atoms with Crippen LogP contribution < -0.4 is 9.88 Å². The van der Waals surface area contributed by atoms with E-state index in [-0.39, 0.29) is 4.90 Å². The van der Waals surface area contributed by atoms with Crippen LogP contribution in [-0.2, 0) is 10.0 Å². The number of rotatable bonds is 6. The van der Waals surface area contributed by atoms with Crippen LogP contribution in [0.5, 0.6) is 5.75 Å². The topological polar surface area (TPSA) is 69.4 Å². The molecule has 0 aliphatic heterocycles. The van der Waals surface area contributed by atoms with Gasteiger partial charge in [0.25, 0.3) is 0 Å². The van der Waals surface area contributed by atoms with Crippen LogP contribution in [0.1, 0.15) is 26.2 Å². The molecule has 96 valence electrons. The van der Waals surface area contributed by atoms with Crippen molar-refractivity contribution < 1.29 is 13.2 Å². The highest BCUT2D eigenvalue weighted by molar-refractivity contribution is 9.10. The van der Waals surface area contributed by atoms with Crippen LogP contribution in [0.25, 0.3) is 0 Å². The predicted molar refractivity (Wildman–Crippen MR) is 70.5 cm³/mol. The summed E-state index contributed by atoms with van der Waals surface area (Å²) in [5, 5.41) is 5.05. The highest BCUT2D eigenvalue weighted by Crippen LogP contribution is 2.27. The molecule has 0 aromatic heterocycles. The highest BCUT2D eigenvalue weighted by Gasteiger charge is 2.11. The standard InChI is InChI=1S/C11H16BrNO3S/c1-2-3-4-7-16-11-8-9(17(13,14)15)5-6-10(11)12/h5-6,8H,2-4,7H2,1H3,(H2,13,14,15). The molecule has 0 atom stereocenters. The minimum absolute atomic E-state index is 0.0613. The van der Waals surface area contributed by atoms with E-state index in [0.29, 0.717) is 12.4 Å². The fourth-order valence-electron chi connectivity index (χ4n) is 1.31. The van der Waals surface area contributed by atoms with Crippen molar-refractivity contribution in [3.8, 4) is 5.75 Å². The Bertz CT molecular complexity index is 474. The molecule has 0 unspecified atom stereocenters. The Labute approximate surface area is 110 Å². The first kappa shape index (κ1) is 14.5. The maximum atomic E-state index is 11.2. The fraction of sp³-hybridized carbons (Fsp3) is 0.455. The van der Waals surface area contributed by atoms with Crippen LogP contribution in [-0.4, -0.2) is 15.0 Å². The third-order valence-corrected chi connectivity index (χ3v) is 3.80. The van der Waals surface area contributed by atoms with Crippen molar-refractivity contribution in [3.63, 3.8) is 0 Å². The molecule has 0 aliphatic rings. The quantitative estimate of drug-likeness (QED) is 0.819. The molecular weight excluding hydrogens is 306 g/mol. The first-order valence-electron chi connectivity index (χ1n) is 5.40. The molecule has 1 aromatic rings. The van der Waals surface area contributed by atoms with Crippen LogP contribution in [0.3, 0.4) is 0 Å². The second-order valence-electron chi connectivity index (χ2n) is 3.69. The molecule has 0 aliphatic carbocycles. The molecule has 0 bridgehead atoms. The van der Waals surface area contributed by atoms with Gasteiger partial charge in [-0.1, -0.05) is 19.8 Å². The molecular formula is C11H16BrNO3S. The molecule has 2 N–H and O–H groups in total. The zero-order chi connectivity index (χ0) is 12.9. The van der Waals surface area contributed by atoms with Gasteiger partial charge in [0.05, 0.1) is 16.0 Å². The fourth-order valence-corrected chi connectivity index (χ4v) is 2.20. The van der Waals surface area contributed by atoms with Crippen molar-refractivity contribution in [1.29, 1.82) is 0 Å². The van der Waals surface area contributed by atoms with Crippen molar-refractivity contribution in [2.24, 2.45) is 5.14 Å². The maximum Gasteiger partial charge on any atom is 0.238 e. The molecule has 0 saturated heterocycles. The molecule has 17 heavy (non-hydrogen) atoms. The third kappa shape index (κ3) is 4.65. The number of halogens is 1. The van der Waals surface area contributed by atoms with Crippen molar-refractivity contribution in [2.45, 2.75) is 31.1 Å². The smallest absolute Gasteiger partial charge is 0.238 e. The molecule has 0 heterocycles. The number of hydrogen-bond acceptors (Lipinski definition) is 3. The van der Waals surface area contributed by atoms with Crippen LogP contribution in [0.4, 0.5) is 0 Å². The number of hydrogen-bond donors (Lipinski definition) is 1. The van der Waals surface area contributed by atoms with E-state index < -0.39 is 10.0 Å². The Morgan fingerprint density at radius 1 is 1.35 bits per heavy atom.